The quantitative estimate of drug-likeness (QED) is 0.790. The second-order valence-corrected chi connectivity index (χ2v) is 4.34. The summed E-state index contributed by atoms with van der Waals surface area (Å²) in [4.78, 5) is 21.6. The highest BCUT2D eigenvalue weighted by Gasteiger charge is 2.18. The van der Waals surface area contributed by atoms with Gasteiger partial charge in [-0.25, -0.2) is 0 Å². The fraction of sp³-hybridized carbons (Fsp3) is 0.200. The van der Waals surface area contributed by atoms with Crippen molar-refractivity contribution >= 4 is 23.2 Å². The molecule has 0 radical (unpaired) electrons. The van der Waals surface area contributed by atoms with E-state index >= 15 is 0 Å². The molecule has 104 valence electrons. The number of fused-ring (bicyclic) bond motifs is 1. The average Bonchev–Trinajstić information content (AvgIpc) is 2.45. The van der Waals surface area contributed by atoms with Crippen molar-refractivity contribution in [2.75, 3.05) is 7.11 Å². The van der Waals surface area contributed by atoms with Gasteiger partial charge in [-0.2, -0.15) is 0 Å². The maximum Gasteiger partial charge on any atom is 0.305 e. The van der Waals surface area contributed by atoms with Gasteiger partial charge in [0.15, 0.2) is 0 Å². The van der Waals surface area contributed by atoms with Crippen LogP contribution in [0.2, 0.25) is 0 Å². The summed E-state index contributed by atoms with van der Waals surface area (Å²) in [5.74, 6) is -0.256. The fourth-order valence-corrected chi connectivity index (χ4v) is 2.29. The highest BCUT2D eigenvalue weighted by molar-refractivity contribution is 5.92. The first-order valence-corrected chi connectivity index (χ1v) is 6.14. The minimum Gasteiger partial charge on any atom is -0.496 e. The first-order chi connectivity index (χ1) is 9.67. The Morgan fingerprint density at radius 2 is 2.00 bits per heavy atom. The minimum atomic E-state index is -0.968. The first kappa shape index (κ1) is 13.9. The van der Waals surface area contributed by atoms with Crippen LogP contribution in [0.4, 0.5) is 0 Å². The molecule has 0 aromatic heterocycles. The smallest absolute Gasteiger partial charge is 0.305 e. The van der Waals surface area contributed by atoms with E-state index in [1.165, 1.54) is 0 Å². The number of carbonyl (C=O) groups is 2. The van der Waals surface area contributed by atoms with Crippen LogP contribution in [0, 0.1) is 0 Å². The van der Waals surface area contributed by atoms with Crippen molar-refractivity contribution in [1.82, 2.24) is 5.32 Å². The molecule has 2 aromatic rings. The van der Waals surface area contributed by atoms with Gasteiger partial charge in [0.05, 0.1) is 19.6 Å². The Bertz CT molecular complexity index is 639. The Morgan fingerprint density at radius 1 is 1.30 bits per heavy atom. The van der Waals surface area contributed by atoms with Crippen LogP contribution in [-0.4, -0.2) is 24.6 Å². The molecule has 0 aliphatic carbocycles. The molecule has 0 heterocycles. The lowest BCUT2D eigenvalue weighted by Gasteiger charge is -2.18. The van der Waals surface area contributed by atoms with E-state index in [0.717, 1.165) is 16.3 Å². The molecule has 0 aliphatic heterocycles. The number of carboxylic acids is 1. The van der Waals surface area contributed by atoms with Gasteiger partial charge in [0.2, 0.25) is 6.41 Å². The van der Waals surface area contributed by atoms with E-state index in [9.17, 15) is 9.59 Å². The van der Waals surface area contributed by atoms with Crippen molar-refractivity contribution in [3.8, 4) is 5.75 Å². The molecule has 2 rings (SSSR count). The van der Waals surface area contributed by atoms with E-state index in [-0.39, 0.29) is 6.42 Å². The molecule has 2 aromatic carbocycles. The van der Waals surface area contributed by atoms with Crippen LogP contribution < -0.4 is 10.1 Å². The van der Waals surface area contributed by atoms with Crippen LogP contribution in [0.15, 0.2) is 36.4 Å². The van der Waals surface area contributed by atoms with E-state index in [1.54, 1.807) is 19.2 Å². The largest absolute Gasteiger partial charge is 0.496 e. The maximum absolute atomic E-state index is 10.9. The lowest BCUT2D eigenvalue weighted by molar-refractivity contribution is -0.137. The standard InChI is InChI=1S/C15H15NO4/c1-20-14-7-6-11(10-4-2-3-5-12(10)14)13(16-9-17)8-15(18)19/h2-7,9,13H,8H2,1H3,(H,16,17)(H,18,19)/t13-/m1/s1. The number of nitrogens with one attached hydrogen (secondary N) is 1. The number of hydrogen-bond donors (Lipinski definition) is 2. The molecule has 0 saturated heterocycles. The number of aliphatic carboxylic acids is 1. The van der Waals surface area contributed by atoms with Crippen molar-refractivity contribution in [1.29, 1.82) is 0 Å². The van der Waals surface area contributed by atoms with Gasteiger partial charge in [0.25, 0.3) is 0 Å². The molecule has 5 heteroatoms. The first-order valence-electron chi connectivity index (χ1n) is 6.14. The van der Waals surface area contributed by atoms with Gasteiger partial charge in [-0.05, 0) is 17.0 Å². The Labute approximate surface area is 116 Å². The number of hydrogen-bond acceptors (Lipinski definition) is 3. The maximum atomic E-state index is 10.9. The lowest BCUT2D eigenvalue weighted by Crippen LogP contribution is -2.22. The SMILES string of the molecule is COc1ccc([C@@H](CC(=O)O)NC=O)c2ccccc12. The number of ether oxygens (including phenoxy) is 1. The predicted octanol–water partition coefficient (Wildman–Crippen LogP) is 2.11. The molecule has 0 aliphatic rings. The zero-order chi connectivity index (χ0) is 14.5. The van der Waals surface area contributed by atoms with Gasteiger partial charge in [-0.15, -0.1) is 0 Å². The van der Waals surface area contributed by atoms with Crippen LogP contribution >= 0.6 is 0 Å². The highest BCUT2D eigenvalue weighted by atomic mass is 16.5. The van der Waals surface area contributed by atoms with Gasteiger partial charge < -0.3 is 15.2 Å². The van der Waals surface area contributed by atoms with Crippen LogP contribution in [-0.2, 0) is 9.59 Å². The Balaban J connectivity index is 2.57. The summed E-state index contributed by atoms with van der Waals surface area (Å²) >= 11 is 0. The van der Waals surface area contributed by atoms with Crippen LogP contribution in [0.5, 0.6) is 5.75 Å². The summed E-state index contributed by atoms with van der Waals surface area (Å²) in [6.07, 6.45) is 0.349. The van der Waals surface area contributed by atoms with Crippen molar-refractivity contribution in [3.63, 3.8) is 0 Å². The zero-order valence-corrected chi connectivity index (χ0v) is 11.0. The molecular formula is C15H15NO4. The Morgan fingerprint density at radius 3 is 2.60 bits per heavy atom. The fourth-order valence-electron chi connectivity index (χ4n) is 2.29. The third-order valence-corrected chi connectivity index (χ3v) is 3.16. The summed E-state index contributed by atoms with van der Waals surface area (Å²) < 4.78 is 5.30. The number of benzene rings is 2. The van der Waals surface area contributed by atoms with Gasteiger partial charge in [-0.3, -0.25) is 9.59 Å². The summed E-state index contributed by atoms with van der Waals surface area (Å²) in [5, 5.41) is 13.3. The molecule has 0 unspecified atom stereocenters. The lowest BCUT2D eigenvalue weighted by atomic mass is 9.96. The molecule has 5 nitrogen and oxygen atoms in total. The monoisotopic (exact) mass is 273 g/mol. The zero-order valence-electron chi connectivity index (χ0n) is 11.0. The predicted molar refractivity (Wildman–Crippen MR) is 74.7 cm³/mol. The molecule has 0 saturated carbocycles. The van der Waals surface area contributed by atoms with Gasteiger partial charge in [0, 0.05) is 5.39 Å². The Kier molecular flexibility index (Phi) is 4.20. The Hall–Kier alpha value is -2.56. The van der Waals surface area contributed by atoms with E-state index in [1.807, 2.05) is 24.3 Å². The van der Waals surface area contributed by atoms with E-state index in [4.69, 9.17) is 9.84 Å². The highest BCUT2D eigenvalue weighted by Crippen LogP contribution is 2.32. The molecule has 20 heavy (non-hydrogen) atoms. The van der Waals surface area contributed by atoms with Crippen molar-refractivity contribution in [3.05, 3.63) is 42.0 Å². The van der Waals surface area contributed by atoms with Crippen molar-refractivity contribution in [2.45, 2.75) is 12.5 Å². The average molecular weight is 273 g/mol. The molecule has 0 fully saturated rings. The van der Waals surface area contributed by atoms with Crippen LogP contribution in [0.3, 0.4) is 0 Å². The molecule has 1 amide bonds. The van der Waals surface area contributed by atoms with Gasteiger partial charge >= 0.3 is 5.97 Å². The molecule has 2 N–H and O–H groups in total. The summed E-state index contributed by atoms with van der Waals surface area (Å²) in [6, 6.07) is 10.5. The summed E-state index contributed by atoms with van der Waals surface area (Å²) in [6.45, 7) is 0. The minimum absolute atomic E-state index is 0.172. The topological polar surface area (TPSA) is 75.6 Å². The van der Waals surface area contributed by atoms with Gasteiger partial charge in [-0.1, -0.05) is 30.3 Å². The van der Waals surface area contributed by atoms with Crippen LogP contribution in [0.1, 0.15) is 18.0 Å². The molecule has 1 atom stereocenters. The normalized spacial score (nSPS) is 11.8. The third kappa shape index (κ3) is 2.71. The number of carbonyl (C=O) groups excluding carboxylic acids is 1. The number of amides is 1. The molecular weight excluding hydrogens is 258 g/mol. The second-order valence-electron chi connectivity index (χ2n) is 4.34. The van der Waals surface area contributed by atoms with Gasteiger partial charge in [0.1, 0.15) is 5.75 Å². The number of rotatable bonds is 6. The molecule has 0 spiro atoms. The summed E-state index contributed by atoms with van der Waals surface area (Å²) in [5.41, 5.74) is 0.760. The number of methoxy groups -OCH3 is 1. The van der Waals surface area contributed by atoms with E-state index in [2.05, 4.69) is 5.32 Å². The summed E-state index contributed by atoms with van der Waals surface area (Å²) in [7, 11) is 1.58. The van der Waals surface area contributed by atoms with Crippen LogP contribution in [0.25, 0.3) is 10.8 Å². The second kappa shape index (κ2) is 6.06. The van der Waals surface area contributed by atoms with Crippen molar-refractivity contribution < 1.29 is 19.4 Å². The van der Waals surface area contributed by atoms with E-state index in [0.29, 0.717) is 12.2 Å². The van der Waals surface area contributed by atoms with Crippen molar-refractivity contribution in [2.24, 2.45) is 0 Å². The van der Waals surface area contributed by atoms with E-state index < -0.39 is 12.0 Å². The molecule has 0 bridgehead atoms. The third-order valence-electron chi connectivity index (χ3n) is 3.16. The number of carboxylic acid groups (broad SMARTS) is 1.